The summed E-state index contributed by atoms with van der Waals surface area (Å²) < 4.78 is 27.4. The number of benzene rings is 1. The number of likely N-dealkylation sites (N-methyl/N-ethyl adjacent to an activating group) is 1. The first-order chi connectivity index (χ1) is 10.8. The van der Waals surface area contributed by atoms with Crippen molar-refractivity contribution in [3.63, 3.8) is 0 Å². The lowest BCUT2D eigenvalue weighted by molar-refractivity contribution is 0.101. The van der Waals surface area contributed by atoms with E-state index in [1.54, 1.807) is 11.3 Å². The molecule has 2 aromatic rings. The Hall–Kier alpha value is -1.54. The molecule has 124 valence electrons. The van der Waals surface area contributed by atoms with E-state index in [1.807, 2.05) is 36.5 Å². The Morgan fingerprint density at radius 1 is 1.22 bits per heavy atom. The van der Waals surface area contributed by atoms with Crippen molar-refractivity contribution in [2.45, 2.75) is 17.9 Å². The van der Waals surface area contributed by atoms with Gasteiger partial charge in [-0.25, -0.2) is 13.1 Å². The number of thiophene rings is 1. The predicted octanol–water partition coefficient (Wildman–Crippen LogP) is 2.53. The van der Waals surface area contributed by atoms with E-state index in [0.29, 0.717) is 5.56 Å². The molecule has 1 aromatic carbocycles. The smallest absolute Gasteiger partial charge is 0.240 e. The Labute approximate surface area is 141 Å². The summed E-state index contributed by atoms with van der Waals surface area (Å²) >= 11 is 1.60. The number of hydrogen-bond donors (Lipinski definition) is 1. The summed E-state index contributed by atoms with van der Waals surface area (Å²) in [4.78, 5) is 14.5. The van der Waals surface area contributed by atoms with Crippen LogP contribution in [0.1, 0.15) is 28.2 Å². The van der Waals surface area contributed by atoms with E-state index >= 15 is 0 Å². The van der Waals surface area contributed by atoms with E-state index in [-0.39, 0.29) is 23.3 Å². The number of nitrogens with zero attached hydrogens (tertiary/aromatic N) is 1. The standard InChI is InChI=1S/C16H20N2O3S2/c1-12(19)13-6-8-14(9-7-13)23(20,21)17-11-15(18(2)3)16-5-4-10-22-16/h4-10,15,17H,11H2,1-3H3/t15-/m0/s1. The summed E-state index contributed by atoms with van der Waals surface area (Å²) in [5, 5.41) is 1.97. The lowest BCUT2D eigenvalue weighted by Gasteiger charge is -2.23. The molecule has 1 heterocycles. The van der Waals surface area contributed by atoms with Gasteiger partial charge in [0.25, 0.3) is 0 Å². The Balaban J connectivity index is 2.12. The maximum atomic E-state index is 12.4. The molecule has 0 aliphatic rings. The molecular weight excluding hydrogens is 332 g/mol. The van der Waals surface area contributed by atoms with Crippen molar-refractivity contribution in [2.24, 2.45) is 0 Å². The van der Waals surface area contributed by atoms with Crippen LogP contribution in [0, 0.1) is 0 Å². The van der Waals surface area contributed by atoms with Crippen molar-refractivity contribution in [1.82, 2.24) is 9.62 Å². The maximum Gasteiger partial charge on any atom is 0.240 e. The van der Waals surface area contributed by atoms with Crippen molar-refractivity contribution in [3.8, 4) is 0 Å². The highest BCUT2D eigenvalue weighted by Gasteiger charge is 2.20. The van der Waals surface area contributed by atoms with Gasteiger partial charge in [0.1, 0.15) is 0 Å². The van der Waals surface area contributed by atoms with Crippen molar-refractivity contribution < 1.29 is 13.2 Å². The van der Waals surface area contributed by atoms with Gasteiger partial charge in [-0.05, 0) is 44.6 Å². The topological polar surface area (TPSA) is 66.5 Å². The van der Waals surface area contributed by atoms with Gasteiger partial charge in [0.05, 0.1) is 10.9 Å². The van der Waals surface area contributed by atoms with Crippen molar-refractivity contribution in [1.29, 1.82) is 0 Å². The lowest BCUT2D eigenvalue weighted by atomic mass is 10.2. The van der Waals surface area contributed by atoms with Crippen LogP contribution in [0.3, 0.4) is 0 Å². The molecule has 5 nitrogen and oxygen atoms in total. The fourth-order valence-electron chi connectivity index (χ4n) is 2.16. The van der Waals surface area contributed by atoms with E-state index in [0.717, 1.165) is 4.88 Å². The van der Waals surface area contributed by atoms with Crippen LogP contribution < -0.4 is 4.72 Å². The van der Waals surface area contributed by atoms with Gasteiger partial charge in [-0.2, -0.15) is 0 Å². The highest BCUT2D eigenvalue weighted by atomic mass is 32.2. The van der Waals surface area contributed by atoms with Crippen LogP contribution in [-0.2, 0) is 10.0 Å². The van der Waals surface area contributed by atoms with Gasteiger partial charge >= 0.3 is 0 Å². The molecule has 1 aromatic heterocycles. The van der Waals surface area contributed by atoms with Gasteiger partial charge < -0.3 is 4.90 Å². The molecule has 0 radical (unpaired) electrons. The average molecular weight is 352 g/mol. The van der Waals surface area contributed by atoms with Gasteiger partial charge in [0, 0.05) is 17.0 Å². The molecule has 2 rings (SSSR count). The molecule has 0 aliphatic heterocycles. The molecule has 0 unspecified atom stereocenters. The Bertz CT molecular complexity index is 751. The van der Waals surface area contributed by atoms with E-state index in [9.17, 15) is 13.2 Å². The zero-order chi connectivity index (χ0) is 17.0. The molecule has 23 heavy (non-hydrogen) atoms. The number of sulfonamides is 1. The third-order valence-electron chi connectivity index (χ3n) is 3.53. The van der Waals surface area contributed by atoms with Crippen molar-refractivity contribution in [3.05, 3.63) is 52.2 Å². The van der Waals surface area contributed by atoms with Crippen LogP contribution in [0.25, 0.3) is 0 Å². The minimum atomic E-state index is -3.61. The molecule has 1 atom stereocenters. The number of carbonyl (C=O) groups is 1. The minimum Gasteiger partial charge on any atom is -0.300 e. The van der Waals surface area contributed by atoms with Crippen LogP contribution in [0.5, 0.6) is 0 Å². The predicted molar refractivity (Wildman–Crippen MR) is 92.4 cm³/mol. The number of carbonyl (C=O) groups excluding carboxylic acids is 1. The van der Waals surface area contributed by atoms with Gasteiger partial charge in [-0.3, -0.25) is 4.79 Å². The Morgan fingerprint density at radius 2 is 1.87 bits per heavy atom. The second-order valence-electron chi connectivity index (χ2n) is 5.43. The quantitative estimate of drug-likeness (QED) is 0.778. The number of hydrogen-bond acceptors (Lipinski definition) is 5. The van der Waals surface area contributed by atoms with Crippen LogP contribution in [0.15, 0.2) is 46.7 Å². The molecule has 0 saturated carbocycles. The van der Waals surface area contributed by atoms with Crippen molar-refractivity contribution in [2.75, 3.05) is 20.6 Å². The van der Waals surface area contributed by atoms with Gasteiger partial charge in [-0.1, -0.05) is 18.2 Å². The van der Waals surface area contributed by atoms with E-state index in [1.165, 1.54) is 31.2 Å². The van der Waals surface area contributed by atoms with Gasteiger partial charge in [0.2, 0.25) is 10.0 Å². The number of ketones is 1. The summed E-state index contributed by atoms with van der Waals surface area (Å²) in [6, 6.07) is 9.88. The van der Waals surface area contributed by atoms with Crippen LogP contribution in [0.2, 0.25) is 0 Å². The zero-order valence-electron chi connectivity index (χ0n) is 13.3. The van der Waals surface area contributed by atoms with Crippen LogP contribution >= 0.6 is 11.3 Å². The van der Waals surface area contributed by atoms with Gasteiger partial charge in [0.15, 0.2) is 5.78 Å². The summed E-state index contributed by atoms with van der Waals surface area (Å²) in [7, 11) is 0.228. The van der Waals surface area contributed by atoms with Gasteiger partial charge in [-0.15, -0.1) is 11.3 Å². The number of nitrogens with one attached hydrogen (secondary N) is 1. The van der Waals surface area contributed by atoms with E-state index in [4.69, 9.17) is 0 Å². The Kier molecular flexibility index (Phi) is 5.69. The average Bonchev–Trinajstić information content (AvgIpc) is 3.01. The highest BCUT2D eigenvalue weighted by Crippen LogP contribution is 2.23. The molecule has 1 N–H and O–H groups in total. The largest absolute Gasteiger partial charge is 0.300 e. The van der Waals surface area contributed by atoms with E-state index < -0.39 is 10.0 Å². The van der Waals surface area contributed by atoms with Crippen LogP contribution in [0.4, 0.5) is 0 Å². The van der Waals surface area contributed by atoms with Crippen LogP contribution in [-0.4, -0.2) is 39.7 Å². The fourth-order valence-corrected chi connectivity index (χ4v) is 4.12. The minimum absolute atomic E-state index is 0.0266. The SMILES string of the molecule is CC(=O)c1ccc(S(=O)(=O)NC[C@@H](c2cccs2)N(C)C)cc1. The van der Waals surface area contributed by atoms with Crippen molar-refractivity contribution >= 4 is 27.1 Å². The Morgan fingerprint density at radius 3 is 2.35 bits per heavy atom. The first-order valence-electron chi connectivity index (χ1n) is 7.12. The molecule has 0 spiro atoms. The van der Waals surface area contributed by atoms with E-state index in [2.05, 4.69) is 4.72 Å². The monoisotopic (exact) mass is 352 g/mol. The fraction of sp³-hybridized carbons (Fsp3) is 0.312. The lowest BCUT2D eigenvalue weighted by Crippen LogP contribution is -2.34. The summed E-state index contributed by atoms with van der Waals surface area (Å²) in [6.45, 7) is 1.73. The molecule has 7 heteroatoms. The molecule has 0 fully saturated rings. The molecule has 0 aliphatic carbocycles. The molecule has 0 bridgehead atoms. The second kappa shape index (κ2) is 7.35. The molecule has 0 saturated heterocycles. The maximum absolute atomic E-state index is 12.4. The molecule has 0 amide bonds. The third kappa shape index (κ3) is 4.48. The highest BCUT2D eigenvalue weighted by molar-refractivity contribution is 7.89. The second-order valence-corrected chi connectivity index (χ2v) is 8.17. The normalized spacial score (nSPS) is 13.2. The first-order valence-corrected chi connectivity index (χ1v) is 9.48. The summed E-state index contributed by atoms with van der Waals surface area (Å²) in [5.41, 5.74) is 0.494. The number of Topliss-reactive ketones (excluding diaryl/α,β-unsaturated/α-hetero) is 1. The zero-order valence-corrected chi connectivity index (χ0v) is 14.9. The summed E-state index contributed by atoms with van der Waals surface area (Å²) in [6.07, 6.45) is 0. The first kappa shape index (κ1) is 17.8. The number of rotatable bonds is 7. The third-order valence-corrected chi connectivity index (χ3v) is 5.95. The summed E-state index contributed by atoms with van der Waals surface area (Å²) in [5.74, 6) is -0.0905. The molecular formula is C16H20N2O3S2.